The number of hydrogen-bond acceptors (Lipinski definition) is 4. The maximum absolute atomic E-state index is 12.2. The zero-order chi connectivity index (χ0) is 34.1. The molecule has 1 unspecified atom stereocenters. The second-order valence-electron chi connectivity index (χ2n) is 12.6. The molecule has 47 heavy (non-hydrogen) atoms. The number of rotatable bonds is 35. The standard InChI is InChI=1S/C43H74O4/c1-3-5-7-9-11-13-15-17-19-20-21-22-23-24-25-26-28-30-32-34-36-38-43(45)47-42(40-44)41-46-39-37-35-33-31-29-27-18-16-14-12-10-8-6-4-2/h5,7-8,10-11,13-14,16-17,19,21-22,42,44H,3-4,6,9,12,15,18,20,23-41H2,1-2H3/b7-5-,10-8-,13-11-,16-14-,19-17-,22-21-. The lowest BCUT2D eigenvalue weighted by Crippen LogP contribution is -2.27. The van der Waals surface area contributed by atoms with Gasteiger partial charge in [0, 0.05) is 13.0 Å². The molecule has 0 aromatic carbocycles. The van der Waals surface area contributed by atoms with Gasteiger partial charge in [-0.2, -0.15) is 0 Å². The number of aliphatic hydroxyl groups excluding tert-OH is 1. The summed E-state index contributed by atoms with van der Waals surface area (Å²) in [4.78, 5) is 12.2. The molecule has 0 bridgehead atoms. The molecule has 0 radical (unpaired) electrons. The van der Waals surface area contributed by atoms with Crippen LogP contribution in [0.15, 0.2) is 72.9 Å². The molecule has 0 saturated carbocycles. The first-order valence-electron chi connectivity index (χ1n) is 19.5. The summed E-state index contributed by atoms with van der Waals surface area (Å²) in [5.41, 5.74) is 0. The fraction of sp³-hybridized carbons (Fsp3) is 0.698. The molecule has 4 heteroatoms. The van der Waals surface area contributed by atoms with Crippen LogP contribution in [0.25, 0.3) is 0 Å². The lowest BCUT2D eigenvalue weighted by Gasteiger charge is -2.15. The highest BCUT2D eigenvalue weighted by atomic mass is 16.6. The Labute approximate surface area is 291 Å². The van der Waals surface area contributed by atoms with E-state index in [0.717, 1.165) is 57.8 Å². The smallest absolute Gasteiger partial charge is 0.306 e. The third-order valence-corrected chi connectivity index (χ3v) is 8.00. The number of esters is 1. The van der Waals surface area contributed by atoms with Gasteiger partial charge in [0.1, 0.15) is 6.10 Å². The number of ether oxygens (including phenoxy) is 2. The van der Waals surface area contributed by atoms with Crippen molar-refractivity contribution in [3.8, 4) is 0 Å². The van der Waals surface area contributed by atoms with Gasteiger partial charge in [-0.05, 0) is 77.0 Å². The van der Waals surface area contributed by atoms with Crippen molar-refractivity contribution in [1.29, 1.82) is 0 Å². The van der Waals surface area contributed by atoms with Gasteiger partial charge in [-0.25, -0.2) is 0 Å². The van der Waals surface area contributed by atoms with Crippen molar-refractivity contribution in [1.82, 2.24) is 0 Å². The van der Waals surface area contributed by atoms with E-state index in [0.29, 0.717) is 13.0 Å². The van der Waals surface area contributed by atoms with Crippen LogP contribution in [-0.4, -0.2) is 37.0 Å². The first-order valence-corrected chi connectivity index (χ1v) is 19.5. The summed E-state index contributed by atoms with van der Waals surface area (Å²) in [6.45, 7) is 5.13. The Balaban J connectivity index is 3.50. The number of hydrogen-bond donors (Lipinski definition) is 1. The number of allylic oxidation sites excluding steroid dienone is 12. The van der Waals surface area contributed by atoms with Crippen molar-refractivity contribution >= 4 is 5.97 Å². The second kappa shape index (κ2) is 40.0. The average Bonchev–Trinajstić information content (AvgIpc) is 3.08. The minimum atomic E-state index is -0.547. The predicted molar refractivity (Wildman–Crippen MR) is 205 cm³/mol. The number of aliphatic hydroxyl groups is 1. The monoisotopic (exact) mass is 655 g/mol. The van der Waals surface area contributed by atoms with E-state index < -0.39 is 6.10 Å². The third-order valence-electron chi connectivity index (χ3n) is 8.00. The van der Waals surface area contributed by atoms with Crippen LogP contribution in [0, 0.1) is 0 Å². The second-order valence-corrected chi connectivity index (χ2v) is 12.6. The van der Waals surface area contributed by atoms with Crippen LogP contribution in [0.4, 0.5) is 0 Å². The van der Waals surface area contributed by atoms with Gasteiger partial charge in [0.15, 0.2) is 0 Å². The molecule has 0 heterocycles. The van der Waals surface area contributed by atoms with Gasteiger partial charge in [-0.15, -0.1) is 0 Å². The zero-order valence-corrected chi connectivity index (χ0v) is 30.8. The van der Waals surface area contributed by atoms with Crippen LogP contribution in [0.3, 0.4) is 0 Å². The molecule has 0 aliphatic heterocycles. The van der Waals surface area contributed by atoms with E-state index in [-0.39, 0.29) is 19.2 Å². The molecule has 270 valence electrons. The maximum atomic E-state index is 12.2. The maximum Gasteiger partial charge on any atom is 0.306 e. The summed E-state index contributed by atoms with van der Waals surface area (Å²) < 4.78 is 11.1. The van der Waals surface area contributed by atoms with Gasteiger partial charge in [-0.1, -0.05) is 157 Å². The summed E-state index contributed by atoms with van der Waals surface area (Å²) in [5, 5.41) is 9.57. The predicted octanol–water partition coefficient (Wildman–Crippen LogP) is 12.6. The molecular formula is C43H74O4. The van der Waals surface area contributed by atoms with Gasteiger partial charge in [0.2, 0.25) is 0 Å². The Hall–Kier alpha value is -2.17. The van der Waals surface area contributed by atoms with Crippen molar-refractivity contribution < 1.29 is 19.4 Å². The quantitative estimate of drug-likeness (QED) is 0.0420. The first kappa shape index (κ1) is 44.8. The summed E-state index contributed by atoms with van der Waals surface area (Å²) >= 11 is 0. The lowest BCUT2D eigenvalue weighted by molar-refractivity contribution is -0.154. The van der Waals surface area contributed by atoms with Crippen molar-refractivity contribution in [3.63, 3.8) is 0 Å². The first-order chi connectivity index (χ1) is 23.2. The topological polar surface area (TPSA) is 55.8 Å². The van der Waals surface area contributed by atoms with Crippen molar-refractivity contribution in [2.75, 3.05) is 19.8 Å². The number of carbonyl (C=O) groups is 1. The van der Waals surface area contributed by atoms with Crippen LogP contribution < -0.4 is 0 Å². The van der Waals surface area contributed by atoms with Crippen LogP contribution >= 0.6 is 0 Å². The van der Waals surface area contributed by atoms with Gasteiger partial charge in [-0.3, -0.25) is 4.79 Å². The third kappa shape index (κ3) is 38.2. The van der Waals surface area contributed by atoms with E-state index >= 15 is 0 Å². The summed E-state index contributed by atoms with van der Waals surface area (Å²) in [6, 6.07) is 0. The molecule has 0 spiro atoms. The molecule has 0 fully saturated rings. The van der Waals surface area contributed by atoms with E-state index in [1.807, 2.05) is 0 Å². The molecular weight excluding hydrogens is 580 g/mol. The summed E-state index contributed by atoms with van der Waals surface area (Å²) in [6.07, 6.45) is 53.7. The SMILES string of the molecule is CC/C=C\C/C=C\C/C=C\C/C=C\CCCCCCCCCCC(=O)OC(CO)COCCCCCCCC/C=C\C/C=C\CCC. The number of unbranched alkanes of at least 4 members (excludes halogenated alkanes) is 15. The van der Waals surface area contributed by atoms with E-state index in [9.17, 15) is 9.90 Å². The van der Waals surface area contributed by atoms with Crippen LogP contribution in [0.2, 0.25) is 0 Å². The van der Waals surface area contributed by atoms with Crippen molar-refractivity contribution in [3.05, 3.63) is 72.9 Å². The Morgan fingerprint density at radius 3 is 1.45 bits per heavy atom. The molecule has 0 aliphatic rings. The Morgan fingerprint density at radius 1 is 0.532 bits per heavy atom. The number of carbonyl (C=O) groups excluding carboxylic acids is 1. The molecule has 1 N–H and O–H groups in total. The minimum absolute atomic E-state index is 0.183. The van der Waals surface area contributed by atoms with Crippen molar-refractivity contribution in [2.24, 2.45) is 0 Å². The van der Waals surface area contributed by atoms with Crippen molar-refractivity contribution in [2.45, 2.75) is 174 Å². The highest BCUT2D eigenvalue weighted by Gasteiger charge is 2.13. The summed E-state index contributed by atoms with van der Waals surface area (Å²) in [7, 11) is 0. The Morgan fingerprint density at radius 2 is 0.957 bits per heavy atom. The van der Waals surface area contributed by atoms with E-state index in [1.165, 1.54) is 89.9 Å². The Kier molecular flexibility index (Phi) is 38.2. The van der Waals surface area contributed by atoms with Crippen LogP contribution in [-0.2, 0) is 14.3 Å². The van der Waals surface area contributed by atoms with Gasteiger partial charge in [0.25, 0.3) is 0 Å². The molecule has 0 saturated heterocycles. The molecule has 0 aromatic heterocycles. The van der Waals surface area contributed by atoms with Crippen LogP contribution in [0.5, 0.6) is 0 Å². The lowest BCUT2D eigenvalue weighted by atomic mass is 10.1. The van der Waals surface area contributed by atoms with Crippen LogP contribution in [0.1, 0.15) is 168 Å². The minimum Gasteiger partial charge on any atom is -0.457 e. The average molecular weight is 655 g/mol. The van der Waals surface area contributed by atoms with Gasteiger partial charge < -0.3 is 14.6 Å². The molecule has 4 nitrogen and oxygen atoms in total. The molecule has 1 atom stereocenters. The normalized spacial score (nSPS) is 13.2. The largest absolute Gasteiger partial charge is 0.457 e. The fourth-order valence-electron chi connectivity index (χ4n) is 5.12. The fourth-order valence-corrected chi connectivity index (χ4v) is 5.12. The molecule has 0 rings (SSSR count). The van der Waals surface area contributed by atoms with E-state index in [2.05, 4.69) is 86.8 Å². The molecule has 0 aromatic rings. The van der Waals surface area contributed by atoms with E-state index in [4.69, 9.17) is 9.47 Å². The highest BCUT2D eigenvalue weighted by Crippen LogP contribution is 2.12. The zero-order valence-electron chi connectivity index (χ0n) is 30.8. The van der Waals surface area contributed by atoms with Gasteiger partial charge in [0.05, 0.1) is 13.2 Å². The Bertz CT molecular complexity index is 820. The van der Waals surface area contributed by atoms with E-state index in [1.54, 1.807) is 0 Å². The summed E-state index contributed by atoms with van der Waals surface area (Å²) in [5.74, 6) is -0.216. The molecule has 0 amide bonds. The highest BCUT2D eigenvalue weighted by molar-refractivity contribution is 5.69. The van der Waals surface area contributed by atoms with Gasteiger partial charge >= 0.3 is 5.97 Å². The molecule has 0 aliphatic carbocycles.